The number of para-hydroxylation sites is 1. The average molecular weight is 786 g/mol. The van der Waals surface area contributed by atoms with E-state index >= 15 is 0 Å². The summed E-state index contributed by atoms with van der Waals surface area (Å²) in [6.45, 7) is 4.24. The monoisotopic (exact) mass is 785 g/mol. The van der Waals surface area contributed by atoms with Gasteiger partial charge in [-0.3, -0.25) is 0 Å². The van der Waals surface area contributed by atoms with Crippen LogP contribution in [0.15, 0.2) is 247 Å². The van der Waals surface area contributed by atoms with E-state index in [1.807, 2.05) is 12.1 Å². The number of furan rings is 1. The van der Waals surface area contributed by atoms with Gasteiger partial charge in [-0.05, 0) is 130 Å². The van der Waals surface area contributed by atoms with Gasteiger partial charge in [0, 0.05) is 28.4 Å². The highest BCUT2D eigenvalue weighted by molar-refractivity contribution is 6.07. The average Bonchev–Trinajstić information content (AvgIpc) is 3.70. The van der Waals surface area contributed by atoms with Gasteiger partial charge in [0.25, 0.3) is 0 Å². The Morgan fingerprint density at radius 1 is 0.525 bits per heavy atom. The minimum atomic E-state index is 0.882. The lowest BCUT2D eigenvalue weighted by Crippen LogP contribution is -2.12. The van der Waals surface area contributed by atoms with Gasteiger partial charge in [-0.1, -0.05) is 182 Å². The molecule has 0 saturated heterocycles. The molecule has 0 radical (unpaired) electrons. The number of allylic oxidation sites excluding steroid dienone is 9. The number of anilines is 1. The maximum atomic E-state index is 6.20. The zero-order valence-electron chi connectivity index (χ0n) is 34.6. The van der Waals surface area contributed by atoms with E-state index in [0.29, 0.717) is 0 Å². The van der Waals surface area contributed by atoms with Gasteiger partial charge in [0.05, 0.1) is 0 Å². The highest BCUT2D eigenvalue weighted by Gasteiger charge is 2.14. The molecule has 61 heavy (non-hydrogen) atoms. The van der Waals surface area contributed by atoms with Crippen molar-refractivity contribution in [1.82, 2.24) is 0 Å². The van der Waals surface area contributed by atoms with Crippen molar-refractivity contribution in [1.29, 1.82) is 0 Å². The first kappa shape index (κ1) is 38.8. The van der Waals surface area contributed by atoms with Crippen molar-refractivity contribution < 1.29 is 4.42 Å². The molecule has 0 atom stereocenters. The van der Waals surface area contributed by atoms with Crippen molar-refractivity contribution >= 4 is 44.0 Å². The molecule has 294 valence electrons. The summed E-state index contributed by atoms with van der Waals surface area (Å²) < 4.78 is 6.20. The van der Waals surface area contributed by atoms with Crippen LogP contribution in [0.25, 0.3) is 71.7 Å². The zero-order valence-corrected chi connectivity index (χ0v) is 34.6. The Morgan fingerprint density at radius 2 is 1.21 bits per heavy atom. The maximum absolute atomic E-state index is 6.20. The molecule has 0 saturated carbocycles. The van der Waals surface area contributed by atoms with Crippen molar-refractivity contribution in [2.24, 2.45) is 0 Å². The van der Waals surface area contributed by atoms with Gasteiger partial charge in [-0.25, -0.2) is 0 Å². The van der Waals surface area contributed by atoms with Gasteiger partial charge in [0.15, 0.2) is 0 Å². The van der Waals surface area contributed by atoms with Crippen LogP contribution < -0.4 is 4.90 Å². The van der Waals surface area contributed by atoms with E-state index in [0.717, 1.165) is 62.0 Å². The van der Waals surface area contributed by atoms with Crippen LogP contribution in [0, 0.1) is 0 Å². The number of hydrogen-bond acceptors (Lipinski definition) is 2. The number of rotatable bonds is 12. The number of fused-ring (bicyclic) bond motifs is 4. The fourth-order valence-electron chi connectivity index (χ4n) is 8.18. The molecule has 0 fully saturated rings. The summed E-state index contributed by atoms with van der Waals surface area (Å²) in [6.07, 6.45) is 18.3. The zero-order chi connectivity index (χ0) is 41.4. The topological polar surface area (TPSA) is 16.4 Å². The predicted molar refractivity (Wildman–Crippen MR) is 261 cm³/mol. The van der Waals surface area contributed by atoms with Crippen molar-refractivity contribution in [2.45, 2.75) is 20.3 Å². The summed E-state index contributed by atoms with van der Waals surface area (Å²) in [5.41, 5.74) is 14.7. The Bertz CT molecular complexity index is 3100. The first-order valence-electron chi connectivity index (χ1n) is 21.0. The lowest BCUT2D eigenvalue weighted by molar-refractivity contribution is 0.669. The largest absolute Gasteiger partial charge is 0.456 e. The fraction of sp³-hybridized carbons (Fsp3) is 0.0508. The highest BCUT2D eigenvalue weighted by atomic mass is 16.3. The molecule has 0 aliphatic rings. The normalized spacial score (nSPS) is 12.5. The molecule has 2 heteroatoms. The Morgan fingerprint density at radius 3 is 2.03 bits per heavy atom. The third kappa shape index (κ3) is 8.57. The van der Waals surface area contributed by atoms with Crippen LogP contribution in [-0.2, 0) is 6.42 Å². The second-order valence-electron chi connectivity index (χ2n) is 15.3. The Balaban J connectivity index is 1.07. The van der Waals surface area contributed by atoms with Crippen LogP contribution in [0.2, 0.25) is 0 Å². The molecule has 0 aliphatic heterocycles. The minimum absolute atomic E-state index is 0.882. The third-order valence-corrected chi connectivity index (χ3v) is 11.3. The van der Waals surface area contributed by atoms with Gasteiger partial charge < -0.3 is 9.32 Å². The summed E-state index contributed by atoms with van der Waals surface area (Å²) in [4.78, 5) is 2.26. The molecule has 1 aromatic heterocycles. The molecule has 0 aliphatic carbocycles. The van der Waals surface area contributed by atoms with Crippen LogP contribution in [-0.4, -0.2) is 0 Å². The second-order valence-corrected chi connectivity index (χ2v) is 15.3. The Kier molecular flexibility index (Phi) is 11.5. The molecule has 1 heterocycles. The number of benzene rings is 8. The smallest absolute Gasteiger partial charge is 0.135 e. The molecule has 0 amide bonds. The Labute approximate surface area is 359 Å². The standard InChI is InChI=1S/C59H47NO/c1-3-18-46(53-30-16-26-48-25-12-13-28-52(48)53)27-17-40-60(43(2)19-10-11-22-44-20-6-4-7-21-44)51-36-32-45(33-37-51)49-34-38-54(47-23-8-5-9-24-47)56(41-49)50-35-39-59-57(42-50)55-29-14-15-31-58(55)61-59/h3-21,23-42H,22H2,1-2H3/b11-10-,18-3-,40-17+,43-19+,46-27+. The van der Waals surface area contributed by atoms with Crippen molar-refractivity contribution in [3.8, 4) is 33.4 Å². The molecular weight excluding hydrogens is 739 g/mol. The van der Waals surface area contributed by atoms with E-state index in [9.17, 15) is 0 Å². The van der Waals surface area contributed by atoms with E-state index in [1.54, 1.807) is 0 Å². The van der Waals surface area contributed by atoms with Gasteiger partial charge in [0.1, 0.15) is 11.2 Å². The molecule has 0 bridgehead atoms. The van der Waals surface area contributed by atoms with E-state index < -0.39 is 0 Å². The van der Waals surface area contributed by atoms with Gasteiger partial charge in [0.2, 0.25) is 0 Å². The van der Waals surface area contributed by atoms with Crippen LogP contribution in [0.1, 0.15) is 25.0 Å². The van der Waals surface area contributed by atoms with Gasteiger partial charge >= 0.3 is 0 Å². The molecule has 8 aromatic carbocycles. The SMILES string of the molecule is C\C=C/C(=C\C=C\N(/C(C)=C/C=C\Cc1ccccc1)c1ccc(-c2ccc(-c3ccccc3)c(-c3ccc4oc5ccccc5c4c3)c2)cc1)c1cccc2ccccc12. The summed E-state index contributed by atoms with van der Waals surface area (Å²) in [5.74, 6) is 0. The van der Waals surface area contributed by atoms with E-state index in [-0.39, 0.29) is 0 Å². The van der Waals surface area contributed by atoms with Crippen molar-refractivity contribution in [3.63, 3.8) is 0 Å². The molecule has 0 spiro atoms. The van der Waals surface area contributed by atoms with Crippen LogP contribution in [0.4, 0.5) is 5.69 Å². The summed E-state index contributed by atoms with van der Waals surface area (Å²) in [6, 6.07) is 66.9. The molecule has 9 aromatic rings. The first-order valence-corrected chi connectivity index (χ1v) is 21.0. The molecular formula is C59H47NO. The summed E-state index contributed by atoms with van der Waals surface area (Å²) in [5, 5.41) is 4.73. The molecule has 0 N–H and O–H groups in total. The Hall–Kier alpha value is -7.68. The van der Waals surface area contributed by atoms with Gasteiger partial charge in [-0.15, -0.1) is 0 Å². The molecule has 2 nitrogen and oxygen atoms in total. The van der Waals surface area contributed by atoms with Crippen LogP contribution >= 0.6 is 0 Å². The molecule has 0 unspecified atom stereocenters. The predicted octanol–water partition coefficient (Wildman–Crippen LogP) is 16.4. The van der Waals surface area contributed by atoms with Crippen LogP contribution in [0.3, 0.4) is 0 Å². The maximum Gasteiger partial charge on any atom is 0.135 e. The van der Waals surface area contributed by atoms with Crippen molar-refractivity contribution in [2.75, 3.05) is 4.90 Å². The van der Waals surface area contributed by atoms with E-state index in [1.165, 1.54) is 38.6 Å². The van der Waals surface area contributed by atoms with Gasteiger partial charge in [-0.2, -0.15) is 0 Å². The third-order valence-electron chi connectivity index (χ3n) is 11.3. The van der Waals surface area contributed by atoms with E-state index in [2.05, 4.69) is 243 Å². The minimum Gasteiger partial charge on any atom is -0.456 e. The quantitative estimate of drug-likeness (QED) is 0.115. The molecule has 9 rings (SSSR count). The summed E-state index contributed by atoms with van der Waals surface area (Å²) in [7, 11) is 0. The number of nitrogens with zero attached hydrogens (tertiary/aromatic N) is 1. The lowest BCUT2D eigenvalue weighted by Gasteiger charge is -2.22. The van der Waals surface area contributed by atoms with E-state index in [4.69, 9.17) is 4.42 Å². The second kappa shape index (κ2) is 18.1. The lowest BCUT2D eigenvalue weighted by atomic mass is 9.90. The number of hydrogen-bond donors (Lipinski definition) is 0. The van der Waals surface area contributed by atoms with Crippen LogP contribution in [0.5, 0.6) is 0 Å². The van der Waals surface area contributed by atoms with Crippen molar-refractivity contribution in [3.05, 3.63) is 254 Å². The first-order chi connectivity index (χ1) is 30.1. The highest BCUT2D eigenvalue weighted by Crippen LogP contribution is 2.39. The summed E-state index contributed by atoms with van der Waals surface area (Å²) >= 11 is 0. The fourth-order valence-corrected chi connectivity index (χ4v) is 8.18.